The molecule has 0 radical (unpaired) electrons. The molecule has 0 aliphatic heterocycles. The van der Waals surface area contributed by atoms with E-state index in [9.17, 15) is 10.2 Å². The van der Waals surface area contributed by atoms with E-state index in [1.54, 1.807) is 0 Å². The summed E-state index contributed by atoms with van der Waals surface area (Å²) in [5, 5.41) is 19.7. The van der Waals surface area contributed by atoms with E-state index < -0.39 is 5.79 Å². The molecule has 0 saturated carbocycles. The highest BCUT2D eigenvalue weighted by Crippen LogP contribution is 2.35. The van der Waals surface area contributed by atoms with Crippen LogP contribution in [0.5, 0.6) is 0 Å². The van der Waals surface area contributed by atoms with E-state index in [1.165, 1.54) is 0 Å². The molecule has 0 rings (SSSR count). The van der Waals surface area contributed by atoms with Gasteiger partial charge < -0.3 is 10.2 Å². The quantitative estimate of drug-likeness (QED) is 0.641. The molecule has 92 valence electrons. The fourth-order valence-electron chi connectivity index (χ4n) is 2.49. The van der Waals surface area contributed by atoms with Crippen LogP contribution in [0.3, 0.4) is 0 Å². The molecule has 0 aliphatic carbocycles. The molecular weight excluding hydrogens is 188 g/mol. The molecule has 0 saturated heterocycles. The zero-order valence-corrected chi connectivity index (χ0v) is 11.0. The fourth-order valence-corrected chi connectivity index (χ4v) is 2.49. The van der Waals surface area contributed by atoms with Crippen LogP contribution < -0.4 is 0 Å². The summed E-state index contributed by atoms with van der Waals surface area (Å²) < 4.78 is 0. The van der Waals surface area contributed by atoms with E-state index in [0.717, 1.165) is 19.3 Å². The Morgan fingerprint density at radius 2 is 1.67 bits per heavy atom. The first kappa shape index (κ1) is 14.9. The Kier molecular flexibility index (Phi) is 5.82. The van der Waals surface area contributed by atoms with E-state index in [1.807, 2.05) is 0 Å². The first-order valence-electron chi connectivity index (χ1n) is 6.13. The molecule has 0 spiro atoms. The van der Waals surface area contributed by atoms with Gasteiger partial charge in [-0.2, -0.15) is 0 Å². The van der Waals surface area contributed by atoms with Gasteiger partial charge in [0.05, 0.1) is 0 Å². The van der Waals surface area contributed by atoms with Gasteiger partial charge in [0.2, 0.25) is 0 Å². The van der Waals surface area contributed by atoms with Gasteiger partial charge in [0.15, 0.2) is 5.79 Å². The molecule has 2 heteroatoms. The molecule has 0 aromatic carbocycles. The average Bonchev–Trinajstić information content (AvgIpc) is 1.95. The molecular formula is C13H28O2. The Balaban J connectivity index is 4.16. The van der Waals surface area contributed by atoms with Gasteiger partial charge >= 0.3 is 0 Å². The molecule has 0 amide bonds. The van der Waals surface area contributed by atoms with Gasteiger partial charge in [-0.15, -0.1) is 0 Å². The molecule has 0 aliphatic rings. The van der Waals surface area contributed by atoms with Crippen molar-refractivity contribution >= 4 is 0 Å². The van der Waals surface area contributed by atoms with Crippen LogP contribution in [0.2, 0.25) is 0 Å². The van der Waals surface area contributed by atoms with Crippen LogP contribution in [0.15, 0.2) is 0 Å². The summed E-state index contributed by atoms with van der Waals surface area (Å²) in [6.45, 7) is 10.6. The van der Waals surface area contributed by atoms with Gasteiger partial charge in [0.1, 0.15) is 0 Å². The predicted octanol–water partition coefficient (Wildman–Crippen LogP) is 3.32. The summed E-state index contributed by atoms with van der Waals surface area (Å²) in [5.41, 5.74) is 0.00537. The summed E-state index contributed by atoms with van der Waals surface area (Å²) in [6, 6.07) is 0. The Labute approximate surface area is 94.7 Å². The van der Waals surface area contributed by atoms with Crippen molar-refractivity contribution in [1.82, 2.24) is 0 Å². The summed E-state index contributed by atoms with van der Waals surface area (Å²) in [6.07, 6.45) is 3.88. The standard InChI is InChI=1S/C13H28O2/c1-6-7-8-13(14,15)10-12(4,5)9-11(2)3/h11,14-15H,6-10H2,1-5H3. The van der Waals surface area contributed by atoms with Gasteiger partial charge in [-0.25, -0.2) is 0 Å². The minimum Gasteiger partial charge on any atom is -0.366 e. The summed E-state index contributed by atoms with van der Waals surface area (Å²) in [5.74, 6) is -0.879. The lowest BCUT2D eigenvalue weighted by molar-refractivity contribution is -0.188. The second-order valence-electron chi connectivity index (χ2n) is 6.02. The van der Waals surface area contributed by atoms with Gasteiger partial charge in [0.25, 0.3) is 0 Å². The maximum absolute atomic E-state index is 9.85. The van der Waals surface area contributed by atoms with Crippen molar-refractivity contribution in [2.45, 2.75) is 72.5 Å². The minimum absolute atomic E-state index is 0.00537. The van der Waals surface area contributed by atoms with Crippen molar-refractivity contribution in [3.05, 3.63) is 0 Å². The molecule has 2 nitrogen and oxygen atoms in total. The van der Waals surface area contributed by atoms with Gasteiger partial charge in [-0.1, -0.05) is 41.0 Å². The zero-order chi connectivity index (χ0) is 12.1. The van der Waals surface area contributed by atoms with Crippen molar-refractivity contribution in [1.29, 1.82) is 0 Å². The lowest BCUT2D eigenvalue weighted by Crippen LogP contribution is -2.35. The van der Waals surface area contributed by atoms with Crippen LogP contribution in [0.1, 0.15) is 66.7 Å². The maximum Gasteiger partial charge on any atom is 0.162 e. The zero-order valence-electron chi connectivity index (χ0n) is 11.0. The third kappa shape index (κ3) is 7.80. The van der Waals surface area contributed by atoms with E-state index in [2.05, 4.69) is 34.6 Å². The van der Waals surface area contributed by atoms with Crippen LogP contribution in [0.4, 0.5) is 0 Å². The fraction of sp³-hybridized carbons (Fsp3) is 1.00. The van der Waals surface area contributed by atoms with E-state index in [4.69, 9.17) is 0 Å². The van der Waals surface area contributed by atoms with E-state index in [-0.39, 0.29) is 5.41 Å². The molecule has 0 unspecified atom stereocenters. The summed E-state index contributed by atoms with van der Waals surface area (Å²) in [4.78, 5) is 0. The minimum atomic E-state index is -1.48. The predicted molar refractivity (Wildman–Crippen MR) is 64.5 cm³/mol. The number of rotatable bonds is 7. The normalized spacial score (nSPS) is 13.6. The van der Waals surface area contributed by atoms with Gasteiger partial charge in [-0.3, -0.25) is 0 Å². The molecule has 0 atom stereocenters. The molecule has 0 bridgehead atoms. The first-order chi connectivity index (χ1) is 6.68. The van der Waals surface area contributed by atoms with Crippen molar-refractivity contribution in [3.8, 4) is 0 Å². The lowest BCUT2D eigenvalue weighted by Gasteiger charge is -2.34. The largest absolute Gasteiger partial charge is 0.366 e. The van der Waals surface area contributed by atoms with Crippen molar-refractivity contribution in [2.75, 3.05) is 0 Å². The molecule has 0 heterocycles. The van der Waals surface area contributed by atoms with Crippen molar-refractivity contribution in [3.63, 3.8) is 0 Å². The monoisotopic (exact) mass is 216 g/mol. The van der Waals surface area contributed by atoms with Gasteiger partial charge in [-0.05, 0) is 24.2 Å². The average molecular weight is 216 g/mol. The van der Waals surface area contributed by atoms with Crippen molar-refractivity contribution < 1.29 is 10.2 Å². The smallest absolute Gasteiger partial charge is 0.162 e. The third-order valence-corrected chi connectivity index (χ3v) is 2.65. The Morgan fingerprint density at radius 3 is 2.07 bits per heavy atom. The Morgan fingerprint density at radius 1 is 1.13 bits per heavy atom. The van der Waals surface area contributed by atoms with E-state index >= 15 is 0 Å². The molecule has 0 fully saturated rings. The van der Waals surface area contributed by atoms with Crippen LogP contribution in [-0.4, -0.2) is 16.0 Å². The second-order valence-corrected chi connectivity index (χ2v) is 6.02. The topological polar surface area (TPSA) is 40.5 Å². The highest BCUT2D eigenvalue weighted by Gasteiger charge is 2.32. The number of hydrogen-bond acceptors (Lipinski definition) is 2. The van der Waals surface area contributed by atoms with Crippen LogP contribution >= 0.6 is 0 Å². The highest BCUT2D eigenvalue weighted by atomic mass is 16.5. The number of hydrogen-bond donors (Lipinski definition) is 2. The van der Waals surface area contributed by atoms with Crippen molar-refractivity contribution in [2.24, 2.45) is 11.3 Å². The second kappa shape index (κ2) is 5.86. The first-order valence-corrected chi connectivity index (χ1v) is 6.13. The SMILES string of the molecule is CCCCC(O)(O)CC(C)(C)CC(C)C. The number of aliphatic hydroxyl groups is 2. The Hall–Kier alpha value is -0.0800. The van der Waals surface area contributed by atoms with Crippen LogP contribution in [0.25, 0.3) is 0 Å². The van der Waals surface area contributed by atoms with E-state index in [0.29, 0.717) is 18.8 Å². The Bertz CT molecular complexity index is 171. The summed E-state index contributed by atoms with van der Waals surface area (Å²) >= 11 is 0. The molecule has 2 N–H and O–H groups in total. The molecule has 0 aromatic rings. The van der Waals surface area contributed by atoms with Crippen LogP contribution in [-0.2, 0) is 0 Å². The molecule has 15 heavy (non-hydrogen) atoms. The summed E-state index contributed by atoms with van der Waals surface area (Å²) in [7, 11) is 0. The molecule has 0 aromatic heterocycles. The highest BCUT2D eigenvalue weighted by molar-refractivity contribution is 4.78. The maximum atomic E-state index is 9.85. The van der Waals surface area contributed by atoms with Crippen LogP contribution in [0, 0.1) is 11.3 Å². The van der Waals surface area contributed by atoms with Gasteiger partial charge in [0, 0.05) is 12.8 Å². The number of unbranched alkanes of at least 4 members (excludes halogenated alkanes) is 1. The lowest BCUT2D eigenvalue weighted by atomic mass is 9.77. The third-order valence-electron chi connectivity index (χ3n) is 2.65.